The number of halogens is 1. The molecule has 0 atom stereocenters. The van der Waals surface area contributed by atoms with E-state index in [2.05, 4.69) is 15.6 Å². The van der Waals surface area contributed by atoms with E-state index in [0.717, 1.165) is 9.90 Å². The van der Waals surface area contributed by atoms with Crippen molar-refractivity contribution >= 4 is 46.0 Å². The highest BCUT2D eigenvalue weighted by atomic mass is 32.2. The minimum absolute atomic E-state index is 0.157. The highest BCUT2D eigenvalue weighted by Gasteiger charge is 2.12. The first-order valence-electron chi connectivity index (χ1n) is 8.07. The van der Waals surface area contributed by atoms with Gasteiger partial charge in [0.2, 0.25) is 11.8 Å². The van der Waals surface area contributed by atoms with E-state index < -0.39 is 11.7 Å². The third kappa shape index (κ3) is 6.99. The van der Waals surface area contributed by atoms with Gasteiger partial charge in [-0.2, -0.15) is 0 Å². The minimum Gasteiger partial charge on any atom is -0.369 e. The molecule has 27 heavy (non-hydrogen) atoms. The highest BCUT2D eigenvalue weighted by Crippen LogP contribution is 2.31. The number of rotatable bonds is 9. The normalized spacial score (nSPS) is 10.4. The number of amides is 3. The van der Waals surface area contributed by atoms with Crippen molar-refractivity contribution in [3.8, 4) is 0 Å². The molecule has 4 N–H and O–H groups in total. The van der Waals surface area contributed by atoms with E-state index in [4.69, 9.17) is 5.73 Å². The Morgan fingerprint density at radius 2 is 1.96 bits per heavy atom. The van der Waals surface area contributed by atoms with Gasteiger partial charge >= 0.3 is 0 Å². The zero-order valence-electron chi connectivity index (χ0n) is 14.6. The van der Waals surface area contributed by atoms with Crippen molar-refractivity contribution in [1.29, 1.82) is 0 Å². The van der Waals surface area contributed by atoms with E-state index in [9.17, 15) is 18.8 Å². The molecular weight excluding hydrogens is 391 g/mol. The van der Waals surface area contributed by atoms with Crippen LogP contribution in [0.25, 0.3) is 0 Å². The fraction of sp³-hybridized carbons (Fsp3) is 0.294. The van der Waals surface area contributed by atoms with Crippen LogP contribution in [0.2, 0.25) is 0 Å². The molecule has 0 fully saturated rings. The van der Waals surface area contributed by atoms with Crippen molar-refractivity contribution in [3.05, 3.63) is 41.3 Å². The number of nitrogens with one attached hydrogen (secondary N) is 2. The number of aromatic nitrogens is 1. The van der Waals surface area contributed by atoms with Crippen molar-refractivity contribution in [2.45, 2.75) is 24.0 Å². The van der Waals surface area contributed by atoms with Crippen LogP contribution in [0, 0.1) is 12.7 Å². The maximum absolute atomic E-state index is 12.8. The van der Waals surface area contributed by atoms with E-state index in [-0.39, 0.29) is 24.0 Å². The molecule has 10 heteroatoms. The molecule has 0 aliphatic carbocycles. The van der Waals surface area contributed by atoms with E-state index >= 15 is 0 Å². The molecule has 7 nitrogen and oxygen atoms in total. The zero-order chi connectivity index (χ0) is 19.8. The van der Waals surface area contributed by atoms with Crippen LogP contribution in [0.3, 0.4) is 0 Å². The molecule has 1 aromatic carbocycles. The second-order valence-corrected chi connectivity index (χ2v) is 7.80. The first kappa shape index (κ1) is 20.8. The molecule has 0 bridgehead atoms. The van der Waals surface area contributed by atoms with Crippen LogP contribution in [0.1, 0.15) is 28.9 Å². The van der Waals surface area contributed by atoms with E-state index in [1.165, 1.54) is 47.4 Å². The summed E-state index contributed by atoms with van der Waals surface area (Å²) in [5, 5.41) is 5.84. The molecule has 144 valence electrons. The van der Waals surface area contributed by atoms with Gasteiger partial charge in [-0.15, -0.1) is 11.8 Å². The lowest BCUT2D eigenvalue weighted by Crippen LogP contribution is -2.25. The van der Waals surface area contributed by atoms with Gasteiger partial charge < -0.3 is 16.4 Å². The fourth-order valence-electron chi connectivity index (χ4n) is 2.04. The predicted octanol–water partition coefficient (Wildman–Crippen LogP) is 2.32. The summed E-state index contributed by atoms with van der Waals surface area (Å²) in [6.45, 7) is 2.11. The Morgan fingerprint density at radius 3 is 2.63 bits per heavy atom. The Kier molecular flexibility index (Phi) is 7.74. The molecule has 1 aromatic heterocycles. The Hall–Kier alpha value is -2.46. The summed E-state index contributed by atoms with van der Waals surface area (Å²) in [6, 6.07) is 5.23. The third-order valence-corrected chi connectivity index (χ3v) is 5.78. The molecule has 2 rings (SSSR count). The Balaban J connectivity index is 1.71. The highest BCUT2D eigenvalue weighted by molar-refractivity contribution is 8.01. The van der Waals surface area contributed by atoms with Gasteiger partial charge in [-0.05, 0) is 37.6 Å². The molecule has 0 spiro atoms. The molecule has 1 heterocycles. The number of thiazole rings is 1. The van der Waals surface area contributed by atoms with Crippen LogP contribution in [0.4, 0.5) is 9.52 Å². The van der Waals surface area contributed by atoms with Crippen LogP contribution in [0.5, 0.6) is 0 Å². The number of hydrogen-bond acceptors (Lipinski definition) is 6. The van der Waals surface area contributed by atoms with Crippen LogP contribution in [-0.2, 0) is 9.59 Å². The second-order valence-electron chi connectivity index (χ2n) is 5.56. The predicted molar refractivity (Wildman–Crippen MR) is 103 cm³/mol. The molecule has 0 aliphatic rings. The Labute approximate surface area is 163 Å². The van der Waals surface area contributed by atoms with Gasteiger partial charge in [0.25, 0.3) is 5.91 Å². The van der Waals surface area contributed by atoms with Crippen molar-refractivity contribution < 1.29 is 18.8 Å². The maximum atomic E-state index is 12.8. The molecule has 0 radical (unpaired) electrons. The number of nitrogens with zero attached hydrogens (tertiary/aromatic N) is 1. The quantitative estimate of drug-likeness (QED) is 0.434. The lowest BCUT2D eigenvalue weighted by Gasteiger charge is -2.05. The van der Waals surface area contributed by atoms with Crippen molar-refractivity contribution in [1.82, 2.24) is 10.3 Å². The number of carbonyl (C=O) groups is 3. The number of carbonyl (C=O) groups excluding carboxylic acids is 3. The largest absolute Gasteiger partial charge is 0.369 e. The number of primary amides is 1. The minimum atomic E-state index is -0.416. The Morgan fingerprint density at radius 1 is 1.26 bits per heavy atom. The van der Waals surface area contributed by atoms with Gasteiger partial charge in [-0.25, -0.2) is 9.37 Å². The lowest BCUT2D eigenvalue weighted by atomic mass is 10.2. The lowest BCUT2D eigenvalue weighted by molar-refractivity contribution is -0.116. The number of benzene rings is 1. The smallest absolute Gasteiger partial charge is 0.251 e. The molecule has 3 amide bonds. The average Bonchev–Trinajstić information content (AvgIpc) is 2.96. The zero-order valence-corrected chi connectivity index (χ0v) is 16.2. The number of hydrogen-bond donors (Lipinski definition) is 3. The Bertz CT molecular complexity index is 824. The van der Waals surface area contributed by atoms with Crippen LogP contribution in [-0.4, -0.2) is 35.0 Å². The van der Waals surface area contributed by atoms with Crippen LogP contribution in [0.15, 0.2) is 28.5 Å². The first-order valence-corrected chi connectivity index (χ1v) is 9.87. The summed E-state index contributed by atoms with van der Waals surface area (Å²) < 4.78 is 13.7. The summed E-state index contributed by atoms with van der Waals surface area (Å²) in [5.74, 6) is -1.20. The van der Waals surface area contributed by atoms with Gasteiger partial charge in [-0.3, -0.25) is 14.4 Å². The van der Waals surface area contributed by atoms with Crippen molar-refractivity contribution in [2.75, 3.05) is 17.6 Å². The molecule has 0 unspecified atom stereocenters. The number of nitrogens with two attached hydrogens (primary N) is 1. The van der Waals surface area contributed by atoms with Gasteiger partial charge in [0.1, 0.15) is 5.82 Å². The average molecular weight is 410 g/mol. The summed E-state index contributed by atoms with van der Waals surface area (Å²) in [5.41, 5.74) is 6.21. The third-order valence-electron chi connectivity index (χ3n) is 3.32. The van der Waals surface area contributed by atoms with E-state index in [1.54, 1.807) is 6.92 Å². The first-order chi connectivity index (χ1) is 12.8. The van der Waals surface area contributed by atoms with Crippen molar-refractivity contribution in [3.63, 3.8) is 0 Å². The topological polar surface area (TPSA) is 114 Å². The standard InChI is InChI=1S/C17H19FN4O3S2/c1-10-16(26-9-13(19)23)27-17(21-10)22-14(24)3-2-8-20-15(25)11-4-6-12(18)7-5-11/h4-7H,2-3,8-9H2,1H3,(H2,19,23)(H,20,25)(H,21,22,24). The van der Waals surface area contributed by atoms with Crippen molar-refractivity contribution in [2.24, 2.45) is 5.73 Å². The van der Waals surface area contributed by atoms with Crippen LogP contribution < -0.4 is 16.4 Å². The van der Waals surface area contributed by atoms with Gasteiger partial charge in [0.15, 0.2) is 5.13 Å². The number of thioether (sulfide) groups is 1. The van der Waals surface area contributed by atoms with E-state index in [1.807, 2.05) is 0 Å². The number of aryl methyl sites for hydroxylation is 1. The molecule has 0 saturated carbocycles. The number of anilines is 1. The van der Waals surface area contributed by atoms with Gasteiger partial charge in [0, 0.05) is 18.5 Å². The molecule has 0 saturated heterocycles. The summed E-state index contributed by atoms with van der Waals surface area (Å²) in [7, 11) is 0. The monoisotopic (exact) mass is 410 g/mol. The fourth-order valence-corrected chi connectivity index (χ4v) is 3.94. The second kappa shape index (κ2) is 10.0. The van der Waals surface area contributed by atoms with Gasteiger partial charge in [0.05, 0.1) is 15.7 Å². The summed E-state index contributed by atoms with van der Waals surface area (Å²) in [4.78, 5) is 38.9. The molecule has 0 aliphatic heterocycles. The SMILES string of the molecule is Cc1nc(NC(=O)CCCNC(=O)c2ccc(F)cc2)sc1SCC(N)=O. The maximum Gasteiger partial charge on any atom is 0.251 e. The summed E-state index contributed by atoms with van der Waals surface area (Å²) in [6.07, 6.45) is 0.665. The van der Waals surface area contributed by atoms with E-state index in [0.29, 0.717) is 23.7 Å². The van der Waals surface area contributed by atoms with Gasteiger partial charge in [-0.1, -0.05) is 11.3 Å². The molecule has 2 aromatic rings. The summed E-state index contributed by atoms with van der Waals surface area (Å²) >= 11 is 2.57. The molecular formula is C17H19FN4O3S2. The van der Waals surface area contributed by atoms with Crippen LogP contribution >= 0.6 is 23.1 Å².